The molecular weight excluding hydrogens is 228 g/mol. The van der Waals surface area contributed by atoms with Gasteiger partial charge in [-0.2, -0.15) is 0 Å². The largest absolute Gasteiger partial charge is 0.489 e. The van der Waals surface area contributed by atoms with E-state index in [1.807, 2.05) is 31.2 Å². The van der Waals surface area contributed by atoms with Gasteiger partial charge in [-0.05, 0) is 24.6 Å². The first kappa shape index (κ1) is 14.1. The Morgan fingerprint density at radius 2 is 2.17 bits per heavy atom. The summed E-state index contributed by atoms with van der Waals surface area (Å²) < 4.78 is 5.53. The molecule has 4 heteroatoms. The van der Waals surface area contributed by atoms with Crippen molar-refractivity contribution in [1.29, 1.82) is 0 Å². The van der Waals surface area contributed by atoms with E-state index in [0.29, 0.717) is 6.61 Å². The third kappa shape index (κ3) is 4.91. The molecule has 0 aliphatic carbocycles. The van der Waals surface area contributed by atoms with Crippen LogP contribution < -0.4 is 10.1 Å². The Bertz CT molecular complexity index is 428. The van der Waals surface area contributed by atoms with Crippen LogP contribution in [0.1, 0.15) is 6.92 Å². The molecule has 0 fully saturated rings. The average Bonchev–Trinajstić information content (AvgIpc) is 2.33. The second-order valence-electron chi connectivity index (χ2n) is 4.42. The van der Waals surface area contributed by atoms with Crippen molar-refractivity contribution >= 4 is 11.6 Å². The van der Waals surface area contributed by atoms with E-state index in [1.165, 1.54) is 0 Å². The normalized spacial score (nSPS) is 9.72. The van der Waals surface area contributed by atoms with Crippen molar-refractivity contribution in [3.05, 3.63) is 36.4 Å². The van der Waals surface area contributed by atoms with Crippen molar-refractivity contribution in [2.24, 2.45) is 0 Å². The number of benzene rings is 1. The summed E-state index contributed by atoms with van der Waals surface area (Å²) >= 11 is 0. The highest BCUT2D eigenvalue weighted by molar-refractivity contribution is 5.80. The zero-order valence-corrected chi connectivity index (χ0v) is 11.2. The summed E-state index contributed by atoms with van der Waals surface area (Å²) in [5, 5.41) is 3.06. The number of anilines is 1. The molecule has 0 heterocycles. The van der Waals surface area contributed by atoms with Gasteiger partial charge in [-0.3, -0.25) is 4.79 Å². The van der Waals surface area contributed by atoms with Crippen LogP contribution in [0.3, 0.4) is 0 Å². The molecule has 1 rings (SSSR count). The highest BCUT2D eigenvalue weighted by Gasteiger charge is 2.03. The summed E-state index contributed by atoms with van der Waals surface area (Å²) in [6.45, 7) is 6.47. The van der Waals surface area contributed by atoms with Gasteiger partial charge in [-0.15, -0.1) is 0 Å². The molecule has 4 nitrogen and oxygen atoms in total. The summed E-state index contributed by atoms with van der Waals surface area (Å²) in [6.07, 6.45) is 0. The van der Waals surface area contributed by atoms with Crippen LogP contribution in [0.2, 0.25) is 0 Å². The van der Waals surface area contributed by atoms with Crippen LogP contribution in [0.15, 0.2) is 36.4 Å². The van der Waals surface area contributed by atoms with Crippen LogP contribution in [0.4, 0.5) is 5.69 Å². The number of carbonyl (C=O) groups is 1. The van der Waals surface area contributed by atoms with Crippen LogP contribution in [0.5, 0.6) is 5.75 Å². The summed E-state index contributed by atoms with van der Waals surface area (Å²) in [6, 6.07) is 7.53. The van der Waals surface area contributed by atoms with Crippen molar-refractivity contribution in [3.8, 4) is 5.75 Å². The monoisotopic (exact) mass is 248 g/mol. The third-order valence-electron chi connectivity index (χ3n) is 2.26. The first-order chi connectivity index (χ1) is 8.49. The summed E-state index contributed by atoms with van der Waals surface area (Å²) in [5.41, 5.74) is 1.83. The fraction of sp³-hybridized carbons (Fsp3) is 0.357. The fourth-order valence-corrected chi connectivity index (χ4v) is 1.24. The molecule has 0 aromatic heterocycles. The minimum absolute atomic E-state index is 0.0308. The van der Waals surface area contributed by atoms with Gasteiger partial charge in [0.15, 0.2) is 0 Å². The van der Waals surface area contributed by atoms with Gasteiger partial charge >= 0.3 is 0 Å². The van der Waals surface area contributed by atoms with Crippen LogP contribution in [-0.2, 0) is 4.79 Å². The lowest BCUT2D eigenvalue weighted by molar-refractivity contribution is -0.126. The van der Waals surface area contributed by atoms with Crippen LogP contribution >= 0.6 is 0 Å². The Kier molecular flexibility index (Phi) is 5.24. The van der Waals surface area contributed by atoms with Crippen molar-refractivity contribution < 1.29 is 9.53 Å². The predicted molar refractivity (Wildman–Crippen MR) is 73.9 cm³/mol. The highest BCUT2D eigenvalue weighted by atomic mass is 16.5. The molecule has 0 aliphatic rings. The molecule has 0 aliphatic heterocycles. The number of hydrogen-bond donors (Lipinski definition) is 1. The average molecular weight is 248 g/mol. The van der Waals surface area contributed by atoms with Crippen molar-refractivity contribution in [3.63, 3.8) is 0 Å². The second-order valence-corrected chi connectivity index (χ2v) is 4.42. The standard InChI is InChI=1S/C14H20N2O2/c1-11(2)10-18-13-7-5-6-12(8-13)15-9-14(17)16(3)4/h5-8,15H,1,9-10H2,2-4H3. The van der Waals surface area contributed by atoms with E-state index < -0.39 is 0 Å². The smallest absolute Gasteiger partial charge is 0.241 e. The van der Waals surface area contributed by atoms with E-state index in [2.05, 4.69) is 11.9 Å². The van der Waals surface area contributed by atoms with Gasteiger partial charge in [0.25, 0.3) is 0 Å². The molecule has 0 saturated carbocycles. The summed E-state index contributed by atoms with van der Waals surface area (Å²) in [4.78, 5) is 13.0. The van der Waals surface area contributed by atoms with E-state index >= 15 is 0 Å². The molecule has 0 bridgehead atoms. The molecule has 18 heavy (non-hydrogen) atoms. The number of amides is 1. The van der Waals surface area contributed by atoms with E-state index in [9.17, 15) is 4.79 Å². The molecule has 0 atom stereocenters. The second kappa shape index (κ2) is 6.69. The molecule has 1 N–H and O–H groups in total. The van der Waals surface area contributed by atoms with Crippen molar-refractivity contribution in [2.75, 3.05) is 32.6 Å². The Labute approximate surface area is 108 Å². The minimum atomic E-state index is 0.0308. The Morgan fingerprint density at radius 1 is 1.44 bits per heavy atom. The first-order valence-corrected chi connectivity index (χ1v) is 5.80. The maximum absolute atomic E-state index is 11.4. The predicted octanol–water partition coefficient (Wildman–Crippen LogP) is 2.14. The van der Waals surface area contributed by atoms with E-state index in [-0.39, 0.29) is 12.5 Å². The number of ether oxygens (including phenoxy) is 1. The molecule has 1 aromatic carbocycles. The SMILES string of the molecule is C=C(C)COc1cccc(NCC(=O)N(C)C)c1. The third-order valence-corrected chi connectivity index (χ3v) is 2.26. The zero-order chi connectivity index (χ0) is 13.5. The Morgan fingerprint density at radius 3 is 2.78 bits per heavy atom. The lowest BCUT2D eigenvalue weighted by Gasteiger charge is -2.12. The first-order valence-electron chi connectivity index (χ1n) is 5.80. The van der Waals surface area contributed by atoms with E-state index in [4.69, 9.17) is 4.74 Å². The van der Waals surface area contributed by atoms with Crippen molar-refractivity contribution in [1.82, 2.24) is 4.90 Å². The van der Waals surface area contributed by atoms with Gasteiger partial charge in [-0.25, -0.2) is 0 Å². The number of nitrogens with one attached hydrogen (secondary N) is 1. The van der Waals surface area contributed by atoms with Gasteiger partial charge in [0.2, 0.25) is 5.91 Å². The maximum Gasteiger partial charge on any atom is 0.241 e. The van der Waals surface area contributed by atoms with E-state index in [0.717, 1.165) is 17.0 Å². The number of hydrogen-bond acceptors (Lipinski definition) is 3. The topological polar surface area (TPSA) is 41.6 Å². The molecule has 1 aromatic rings. The van der Waals surface area contributed by atoms with Gasteiger partial charge in [0.1, 0.15) is 12.4 Å². The molecule has 0 saturated heterocycles. The van der Waals surface area contributed by atoms with Gasteiger partial charge in [0.05, 0.1) is 6.54 Å². The summed E-state index contributed by atoms with van der Waals surface area (Å²) in [7, 11) is 3.47. The lowest BCUT2D eigenvalue weighted by Crippen LogP contribution is -2.28. The number of carbonyl (C=O) groups excluding carboxylic acids is 1. The lowest BCUT2D eigenvalue weighted by atomic mass is 10.3. The Hall–Kier alpha value is -1.97. The molecule has 98 valence electrons. The van der Waals surface area contributed by atoms with Gasteiger partial charge in [-0.1, -0.05) is 12.6 Å². The molecule has 0 unspecified atom stereocenters. The molecule has 1 amide bonds. The number of likely N-dealkylation sites (N-methyl/N-ethyl adjacent to an activating group) is 1. The van der Waals surface area contributed by atoms with Crippen LogP contribution in [0, 0.1) is 0 Å². The number of nitrogens with zero attached hydrogens (tertiary/aromatic N) is 1. The minimum Gasteiger partial charge on any atom is -0.489 e. The zero-order valence-electron chi connectivity index (χ0n) is 11.2. The van der Waals surface area contributed by atoms with Gasteiger partial charge < -0.3 is 15.0 Å². The highest BCUT2D eigenvalue weighted by Crippen LogP contribution is 2.17. The van der Waals surface area contributed by atoms with Crippen molar-refractivity contribution in [2.45, 2.75) is 6.92 Å². The van der Waals surface area contributed by atoms with Gasteiger partial charge in [0, 0.05) is 25.8 Å². The maximum atomic E-state index is 11.4. The quantitative estimate of drug-likeness (QED) is 0.784. The number of rotatable bonds is 6. The van der Waals surface area contributed by atoms with Crippen LogP contribution in [0.25, 0.3) is 0 Å². The summed E-state index contributed by atoms with van der Waals surface area (Å²) in [5.74, 6) is 0.795. The molecule has 0 spiro atoms. The van der Waals surface area contributed by atoms with E-state index in [1.54, 1.807) is 19.0 Å². The van der Waals surface area contributed by atoms with Crippen LogP contribution in [-0.4, -0.2) is 38.1 Å². The molecular formula is C14H20N2O2. The Balaban J connectivity index is 2.54. The molecule has 0 radical (unpaired) electrons. The fourth-order valence-electron chi connectivity index (χ4n) is 1.24.